The van der Waals surface area contributed by atoms with Crippen LogP contribution in [0.25, 0.3) is 0 Å². The second-order valence-electron chi connectivity index (χ2n) is 7.35. The van der Waals surface area contributed by atoms with E-state index in [0.29, 0.717) is 17.6 Å². The second-order valence-corrected chi connectivity index (χ2v) is 7.35. The van der Waals surface area contributed by atoms with E-state index in [4.69, 9.17) is 0 Å². The third kappa shape index (κ3) is 2.98. The van der Waals surface area contributed by atoms with Crippen LogP contribution in [0.3, 0.4) is 0 Å². The van der Waals surface area contributed by atoms with E-state index in [1.54, 1.807) is 0 Å². The molecule has 0 radical (unpaired) electrons. The van der Waals surface area contributed by atoms with Crippen LogP contribution >= 0.6 is 0 Å². The van der Waals surface area contributed by atoms with Gasteiger partial charge >= 0.3 is 0 Å². The lowest BCUT2D eigenvalue weighted by Gasteiger charge is -2.53. The monoisotopic (exact) mass is 226 g/mol. The van der Waals surface area contributed by atoms with E-state index in [1.165, 1.54) is 13.1 Å². The van der Waals surface area contributed by atoms with Crippen LogP contribution in [0.1, 0.15) is 55.4 Å². The molecule has 0 aromatic heterocycles. The van der Waals surface area contributed by atoms with Crippen LogP contribution in [-0.2, 0) is 0 Å². The molecule has 2 atom stereocenters. The van der Waals surface area contributed by atoms with Crippen LogP contribution in [0.4, 0.5) is 0 Å². The van der Waals surface area contributed by atoms with E-state index in [-0.39, 0.29) is 5.54 Å². The van der Waals surface area contributed by atoms with Crippen LogP contribution in [0.2, 0.25) is 0 Å². The minimum Gasteiger partial charge on any atom is -0.295 e. The molecule has 1 unspecified atom stereocenters. The van der Waals surface area contributed by atoms with Crippen LogP contribution in [0, 0.1) is 0 Å². The molecule has 1 heterocycles. The third-order valence-corrected chi connectivity index (χ3v) is 3.64. The highest BCUT2D eigenvalue weighted by Gasteiger charge is 2.38. The topological polar surface area (TPSA) is 6.48 Å². The highest BCUT2D eigenvalue weighted by Crippen LogP contribution is 2.28. The van der Waals surface area contributed by atoms with Gasteiger partial charge in [0.15, 0.2) is 0 Å². The molecule has 0 aliphatic carbocycles. The molecule has 1 rings (SSSR count). The second kappa shape index (κ2) is 4.30. The zero-order valence-electron chi connectivity index (χ0n) is 12.5. The molecule has 0 spiro atoms. The minimum atomic E-state index is 0.281. The lowest BCUT2D eigenvalue weighted by atomic mass is 9.94. The van der Waals surface area contributed by atoms with Crippen LogP contribution in [-0.4, -0.2) is 46.1 Å². The van der Waals surface area contributed by atoms with Gasteiger partial charge in [0.1, 0.15) is 0 Å². The Kier molecular flexibility index (Phi) is 3.76. The van der Waals surface area contributed by atoms with E-state index in [0.717, 1.165) is 0 Å². The normalized spacial score (nSPS) is 30.8. The molecule has 16 heavy (non-hydrogen) atoms. The molecule has 1 aliphatic rings. The first-order valence-corrected chi connectivity index (χ1v) is 6.57. The Morgan fingerprint density at radius 3 is 1.38 bits per heavy atom. The van der Waals surface area contributed by atoms with Crippen LogP contribution in [0.15, 0.2) is 0 Å². The van der Waals surface area contributed by atoms with Gasteiger partial charge in [0.05, 0.1) is 0 Å². The molecule has 2 nitrogen and oxygen atoms in total. The summed E-state index contributed by atoms with van der Waals surface area (Å²) in [6.07, 6.45) is 0. The van der Waals surface area contributed by atoms with Gasteiger partial charge in [0, 0.05) is 36.3 Å². The summed E-state index contributed by atoms with van der Waals surface area (Å²) >= 11 is 0. The van der Waals surface area contributed by atoms with Crippen molar-refractivity contribution in [3.63, 3.8) is 0 Å². The molecule has 0 saturated carbocycles. The summed E-state index contributed by atoms with van der Waals surface area (Å²) in [5.74, 6) is 0. The van der Waals surface area contributed by atoms with Gasteiger partial charge in [0.25, 0.3) is 0 Å². The molecule has 0 amide bonds. The van der Waals surface area contributed by atoms with Crippen molar-refractivity contribution in [3.05, 3.63) is 0 Å². The lowest BCUT2D eigenvalue weighted by Crippen LogP contribution is -2.65. The molecular weight excluding hydrogens is 196 g/mol. The van der Waals surface area contributed by atoms with Crippen molar-refractivity contribution in [3.8, 4) is 0 Å². The first-order chi connectivity index (χ1) is 7.03. The Morgan fingerprint density at radius 2 is 1.12 bits per heavy atom. The zero-order valence-corrected chi connectivity index (χ0v) is 12.5. The Balaban J connectivity index is 2.80. The molecule has 0 N–H and O–H groups in total. The van der Waals surface area contributed by atoms with Crippen molar-refractivity contribution < 1.29 is 0 Å². The SMILES string of the molecule is CC1CN(C(C)(C)C)C[C@@H](C)N1C(C)(C)C. The summed E-state index contributed by atoms with van der Waals surface area (Å²) < 4.78 is 0. The van der Waals surface area contributed by atoms with Gasteiger partial charge < -0.3 is 0 Å². The summed E-state index contributed by atoms with van der Waals surface area (Å²) in [4.78, 5) is 5.28. The Bertz CT molecular complexity index is 222. The molecule has 96 valence electrons. The summed E-state index contributed by atoms with van der Waals surface area (Å²) in [5, 5.41) is 0. The largest absolute Gasteiger partial charge is 0.295 e. The highest BCUT2D eigenvalue weighted by molar-refractivity contribution is 4.95. The highest BCUT2D eigenvalue weighted by atomic mass is 15.3. The maximum Gasteiger partial charge on any atom is 0.0203 e. The van der Waals surface area contributed by atoms with Crippen LogP contribution in [0.5, 0.6) is 0 Å². The smallest absolute Gasteiger partial charge is 0.0203 e. The number of piperazine rings is 1. The summed E-state index contributed by atoms with van der Waals surface area (Å²) in [5.41, 5.74) is 0.579. The van der Waals surface area contributed by atoms with E-state index in [2.05, 4.69) is 65.2 Å². The van der Waals surface area contributed by atoms with Crippen molar-refractivity contribution >= 4 is 0 Å². The predicted molar refractivity (Wildman–Crippen MR) is 71.8 cm³/mol. The fourth-order valence-corrected chi connectivity index (χ4v) is 3.19. The summed E-state index contributed by atoms with van der Waals surface area (Å²) in [6.45, 7) is 21.0. The Morgan fingerprint density at radius 1 is 0.750 bits per heavy atom. The van der Waals surface area contributed by atoms with Gasteiger partial charge in [-0.3, -0.25) is 9.80 Å². The van der Waals surface area contributed by atoms with Gasteiger partial charge in [-0.1, -0.05) is 0 Å². The summed E-state index contributed by atoms with van der Waals surface area (Å²) in [6, 6.07) is 1.28. The van der Waals surface area contributed by atoms with Gasteiger partial charge in [-0.05, 0) is 55.4 Å². The number of hydrogen-bond acceptors (Lipinski definition) is 2. The maximum absolute atomic E-state index is 2.66. The van der Waals surface area contributed by atoms with Gasteiger partial charge in [-0.25, -0.2) is 0 Å². The van der Waals surface area contributed by atoms with Gasteiger partial charge in [-0.2, -0.15) is 0 Å². The first-order valence-electron chi connectivity index (χ1n) is 6.57. The van der Waals surface area contributed by atoms with Gasteiger partial charge in [0.2, 0.25) is 0 Å². The quantitative estimate of drug-likeness (QED) is 0.626. The van der Waals surface area contributed by atoms with Crippen molar-refractivity contribution in [2.75, 3.05) is 13.1 Å². The van der Waals surface area contributed by atoms with E-state index in [1.807, 2.05) is 0 Å². The molecule has 2 heteroatoms. The van der Waals surface area contributed by atoms with Crippen molar-refractivity contribution in [2.45, 2.75) is 78.6 Å². The van der Waals surface area contributed by atoms with E-state index in [9.17, 15) is 0 Å². The van der Waals surface area contributed by atoms with Crippen molar-refractivity contribution in [1.82, 2.24) is 9.80 Å². The van der Waals surface area contributed by atoms with Crippen LogP contribution < -0.4 is 0 Å². The fraction of sp³-hybridized carbons (Fsp3) is 1.00. The van der Waals surface area contributed by atoms with Crippen molar-refractivity contribution in [2.24, 2.45) is 0 Å². The molecule has 0 aromatic rings. The zero-order chi connectivity index (χ0) is 12.7. The van der Waals surface area contributed by atoms with Gasteiger partial charge in [-0.15, -0.1) is 0 Å². The molecule has 1 saturated heterocycles. The minimum absolute atomic E-state index is 0.281. The standard InChI is InChI=1S/C14H30N2/c1-11-9-15(13(3,4)5)10-12(2)16(11)14(6,7)8/h11-12H,9-10H2,1-8H3/t11-,12?/m1/s1. The number of hydrogen-bond donors (Lipinski definition) is 0. The average Bonchev–Trinajstić information content (AvgIpc) is 1.97. The van der Waals surface area contributed by atoms with Crippen molar-refractivity contribution in [1.29, 1.82) is 0 Å². The number of rotatable bonds is 0. The Hall–Kier alpha value is -0.0800. The molecule has 1 aliphatic heterocycles. The predicted octanol–water partition coefficient (Wildman–Crippen LogP) is 2.98. The average molecular weight is 226 g/mol. The molecule has 1 fully saturated rings. The molecule has 0 bridgehead atoms. The molecule has 0 aromatic carbocycles. The lowest BCUT2D eigenvalue weighted by molar-refractivity contribution is -0.0500. The first kappa shape index (κ1) is 14.0. The molecular formula is C14H30N2. The maximum atomic E-state index is 2.66. The number of nitrogens with zero attached hydrogens (tertiary/aromatic N) is 2. The van der Waals surface area contributed by atoms with E-state index >= 15 is 0 Å². The fourth-order valence-electron chi connectivity index (χ4n) is 3.19. The third-order valence-electron chi connectivity index (χ3n) is 3.64. The Labute approximate surface area is 102 Å². The van der Waals surface area contributed by atoms with E-state index < -0.39 is 0 Å². The summed E-state index contributed by atoms with van der Waals surface area (Å²) in [7, 11) is 0.